The normalized spacial score (nSPS) is 14.1. The lowest BCUT2D eigenvalue weighted by atomic mass is 10.0. The first-order valence-electron chi connectivity index (χ1n) is 5.19. The molecule has 4 nitrogen and oxygen atoms in total. The Hall–Kier alpha value is -1.49. The number of Topliss-reactive ketones (excluding diaryl/α,β-unsaturated/α-hetero) is 1. The number of benzene rings is 1. The van der Waals surface area contributed by atoms with E-state index in [2.05, 4.69) is 4.74 Å². The molecule has 90 valence electrons. The number of ketones is 1. The minimum absolute atomic E-state index is 0.145. The summed E-state index contributed by atoms with van der Waals surface area (Å²) >= 11 is 1.61. The van der Waals surface area contributed by atoms with Gasteiger partial charge in [-0.05, 0) is 19.1 Å². The van der Waals surface area contributed by atoms with E-state index in [-0.39, 0.29) is 5.78 Å². The third-order valence-corrected chi connectivity index (χ3v) is 3.82. The number of ether oxygens (including phenoxy) is 2. The van der Waals surface area contributed by atoms with Crippen LogP contribution in [-0.4, -0.2) is 24.8 Å². The first kappa shape index (κ1) is 12.0. The van der Waals surface area contributed by atoms with Crippen LogP contribution in [0.5, 0.6) is 5.75 Å². The van der Waals surface area contributed by atoms with Gasteiger partial charge >= 0.3 is 6.16 Å². The Labute approximate surface area is 103 Å². The average molecular weight is 252 g/mol. The molecule has 17 heavy (non-hydrogen) atoms. The molecule has 0 aromatic heterocycles. The third-order valence-electron chi connectivity index (χ3n) is 2.59. The number of thioether (sulfide) groups is 1. The van der Waals surface area contributed by atoms with Gasteiger partial charge in [0.2, 0.25) is 0 Å². The van der Waals surface area contributed by atoms with Crippen molar-refractivity contribution < 1.29 is 19.1 Å². The zero-order valence-electron chi connectivity index (χ0n) is 9.61. The zero-order valence-corrected chi connectivity index (χ0v) is 10.4. The smallest absolute Gasteiger partial charge is 0.437 e. The molecule has 0 spiro atoms. The second-order valence-corrected chi connectivity index (χ2v) is 4.75. The summed E-state index contributed by atoms with van der Waals surface area (Å²) in [5, 5.41) is 0. The van der Waals surface area contributed by atoms with Crippen LogP contribution in [0.2, 0.25) is 0 Å². The van der Waals surface area contributed by atoms with Gasteiger partial charge < -0.3 is 9.47 Å². The molecule has 0 unspecified atom stereocenters. The Morgan fingerprint density at radius 1 is 1.41 bits per heavy atom. The molecule has 0 saturated carbocycles. The molecule has 0 atom stereocenters. The molecule has 1 heterocycles. The summed E-state index contributed by atoms with van der Waals surface area (Å²) in [5.41, 5.74) is 1.53. The highest BCUT2D eigenvalue weighted by molar-refractivity contribution is 7.99. The van der Waals surface area contributed by atoms with E-state index in [1.165, 1.54) is 7.11 Å². The van der Waals surface area contributed by atoms with Crippen molar-refractivity contribution in [3.05, 3.63) is 23.3 Å². The molecular weight excluding hydrogens is 240 g/mol. The van der Waals surface area contributed by atoms with Crippen LogP contribution in [0.4, 0.5) is 4.79 Å². The van der Waals surface area contributed by atoms with E-state index < -0.39 is 6.16 Å². The largest absolute Gasteiger partial charge is 0.513 e. The molecule has 0 N–H and O–H groups in total. The maximum Gasteiger partial charge on any atom is 0.513 e. The van der Waals surface area contributed by atoms with Gasteiger partial charge in [0.15, 0.2) is 5.78 Å². The lowest BCUT2D eigenvalue weighted by Crippen LogP contribution is -2.12. The monoisotopic (exact) mass is 252 g/mol. The summed E-state index contributed by atoms with van der Waals surface area (Å²) < 4.78 is 9.45. The quantitative estimate of drug-likeness (QED) is 0.568. The fraction of sp³-hybridized carbons (Fsp3) is 0.333. The van der Waals surface area contributed by atoms with Crippen molar-refractivity contribution in [1.82, 2.24) is 0 Å². The minimum Gasteiger partial charge on any atom is -0.437 e. The number of carbonyl (C=O) groups is 2. The average Bonchev–Trinajstić information content (AvgIpc) is 2.33. The summed E-state index contributed by atoms with van der Waals surface area (Å²) in [7, 11) is 1.26. The van der Waals surface area contributed by atoms with Crippen LogP contribution in [0.15, 0.2) is 17.0 Å². The van der Waals surface area contributed by atoms with Gasteiger partial charge in [-0.3, -0.25) is 4.79 Å². The molecule has 1 aromatic rings. The number of hydrogen-bond donors (Lipinski definition) is 0. The lowest BCUT2D eigenvalue weighted by molar-refractivity contribution is 0.0984. The van der Waals surface area contributed by atoms with Crippen LogP contribution >= 0.6 is 11.8 Å². The molecule has 0 saturated heterocycles. The Morgan fingerprint density at radius 2 is 2.18 bits per heavy atom. The van der Waals surface area contributed by atoms with Crippen LogP contribution in [0.1, 0.15) is 22.3 Å². The highest BCUT2D eigenvalue weighted by atomic mass is 32.2. The molecule has 5 heteroatoms. The van der Waals surface area contributed by atoms with Crippen molar-refractivity contribution in [3.8, 4) is 5.75 Å². The minimum atomic E-state index is -0.750. The molecule has 2 rings (SSSR count). The van der Waals surface area contributed by atoms with Crippen molar-refractivity contribution >= 4 is 23.7 Å². The van der Waals surface area contributed by atoms with Crippen molar-refractivity contribution in [1.29, 1.82) is 0 Å². The van der Waals surface area contributed by atoms with E-state index in [4.69, 9.17) is 4.74 Å². The fourth-order valence-electron chi connectivity index (χ4n) is 1.70. The van der Waals surface area contributed by atoms with Gasteiger partial charge in [-0.2, -0.15) is 0 Å². The molecule has 1 aliphatic rings. The first-order valence-corrected chi connectivity index (χ1v) is 6.17. The summed E-state index contributed by atoms with van der Waals surface area (Å²) in [6.07, 6.45) is -0.186. The van der Waals surface area contributed by atoms with E-state index in [0.29, 0.717) is 12.2 Å². The highest BCUT2D eigenvalue weighted by Crippen LogP contribution is 2.37. The zero-order chi connectivity index (χ0) is 12.4. The van der Waals surface area contributed by atoms with E-state index in [0.717, 1.165) is 21.8 Å². The molecule has 1 aliphatic heterocycles. The molecule has 0 amide bonds. The third kappa shape index (κ3) is 2.29. The second kappa shape index (κ2) is 4.79. The van der Waals surface area contributed by atoms with Crippen molar-refractivity contribution in [3.63, 3.8) is 0 Å². The Kier molecular flexibility index (Phi) is 3.38. The summed E-state index contributed by atoms with van der Waals surface area (Å²) in [4.78, 5) is 23.6. The van der Waals surface area contributed by atoms with Gasteiger partial charge in [0.05, 0.1) is 7.11 Å². The topological polar surface area (TPSA) is 52.6 Å². The van der Waals surface area contributed by atoms with Gasteiger partial charge in [0, 0.05) is 28.2 Å². The molecular formula is C12H12O4S. The maximum absolute atomic E-state index is 11.7. The molecule has 1 aromatic carbocycles. The predicted molar refractivity (Wildman–Crippen MR) is 63.9 cm³/mol. The van der Waals surface area contributed by atoms with Crippen LogP contribution in [0, 0.1) is 6.92 Å². The van der Waals surface area contributed by atoms with E-state index in [1.807, 2.05) is 6.92 Å². The van der Waals surface area contributed by atoms with E-state index >= 15 is 0 Å². The summed E-state index contributed by atoms with van der Waals surface area (Å²) in [5.74, 6) is 1.36. The van der Waals surface area contributed by atoms with Crippen molar-refractivity contribution in [2.45, 2.75) is 18.2 Å². The van der Waals surface area contributed by atoms with Gasteiger partial charge in [0.25, 0.3) is 0 Å². The number of hydrogen-bond acceptors (Lipinski definition) is 5. The van der Waals surface area contributed by atoms with Crippen LogP contribution in [0.25, 0.3) is 0 Å². The van der Waals surface area contributed by atoms with Gasteiger partial charge in [-0.1, -0.05) is 0 Å². The lowest BCUT2D eigenvalue weighted by Gasteiger charge is -2.18. The molecule has 0 radical (unpaired) electrons. The molecule has 0 bridgehead atoms. The Bertz CT molecular complexity index is 482. The second-order valence-electron chi connectivity index (χ2n) is 3.64. The maximum atomic E-state index is 11.7. The summed E-state index contributed by atoms with van der Waals surface area (Å²) in [6, 6.07) is 3.34. The highest BCUT2D eigenvalue weighted by Gasteiger charge is 2.22. The Balaban J connectivity index is 2.38. The van der Waals surface area contributed by atoms with E-state index in [9.17, 15) is 9.59 Å². The number of methoxy groups -OCH3 is 1. The number of rotatable bonds is 1. The van der Waals surface area contributed by atoms with Crippen molar-refractivity contribution in [2.75, 3.05) is 12.9 Å². The predicted octanol–water partition coefficient (Wildman–Crippen LogP) is 2.82. The summed E-state index contributed by atoms with van der Waals surface area (Å²) in [6.45, 7) is 1.84. The van der Waals surface area contributed by atoms with Gasteiger partial charge in [-0.25, -0.2) is 4.79 Å². The number of fused-ring (bicyclic) bond motifs is 1. The van der Waals surface area contributed by atoms with Gasteiger partial charge in [-0.15, -0.1) is 11.8 Å². The van der Waals surface area contributed by atoms with Crippen LogP contribution in [-0.2, 0) is 4.74 Å². The fourth-order valence-corrected chi connectivity index (χ4v) is 2.85. The first-order chi connectivity index (χ1) is 8.13. The SMILES string of the molecule is COC(=O)Oc1ccc2c(c1C)SCCC2=O. The standard InChI is InChI=1S/C12H12O4S/c1-7-10(16-12(14)15-2)4-3-8-9(13)5-6-17-11(7)8/h3-4H,5-6H2,1-2H3. The van der Waals surface area contributed by atoms with E-state index in [1.54, 1.807) is 23.9 Å². The van der Waals surface area contributed by atoms with Crippen LogP contribution < -0.4 is 4.74 Å². The van der Waals surface area contributed by atoms with Crippen molar-refractivity contribution in [2.24, 2.45) is 0 Å². The molecule has 0 fully saturated rings. The van der Waals surface area contributed by atoms with Gasteiger partial charge in [0.1, 0.15) is 5.75 Å². The molecule has 0 aliphatic carbocycles. The van der Waals surface area contributed by atoms with Crippen LogP contribution in [0.3, 0.4) is 0 Å². The number of carbonyl (C=O) groups excluding carboxylic acids is 2. The Morgan fingerprint density at radius 3 is 2.88 bits per heavy atom.